The van der Waals surface area contributed by atoms with Crippen LogP contribution in [0.5, 0.6) is 0 Å². The Kier molecular flexibility index (Phi) is 6.42. The van der Waals surface area contributed by atoms with Crippen molar-refractivity contribution in [2.45, 2.75) is 25.7 Å². The summed E-state index contributed by atoms with van der Waals surface area (Å²) >= 11 is 0. The summed E-state index contributed by atoms with van der Waals surface area (Å²) in [5.41, 5.74) is -0.0444. The molecule has 0 aliphatic carbocycles. The van der Waals surface area contributed by atoms with Gasteiger partial charge in [-0.05, 0) is 30.0 Å². The first-order valence-corrected chi connectivity index (χ1v) is 6.59. The zero-order valence-electron chi connectivity index (χ0n) is 11.6. The van der Waals surface area contributed by atoms with Gasteiger partial charge in [0.05, 0.1) is 13.2 Å². The van der Waals surface area contributed by atoms with Crippen molar-refractivity contribution < 1.29 is 19.3 Å². The van der Waals surface area contributed by atoms with Gasteiger partial charge in [-0.1, -0.05) is 26.0 Å². The van der Waals surface area contributed by atoms with Crippen LogP contribution < -0.4 is 0 Å². The summed E-state index contributed by atoms with van der Waals surface area (Å²) in [4.78, 5) is 0. The van der Waals surface area contributed by atoms with Gasteiger partial charge in [0, 0.05) is 18.6 Å². The van der Waals surface area contributed by atoms with E-state index in [1.807, 2.05) is 0 Å². The molecule has 1 aromatic carbocycles. The van der Waals surface area contributed by atoms with Crippen LogP contribution in [0.15, 0.2) is 24.3 Å². The van der Waals surface area contributed by atoms with Crippen LogP contribution in [0.25, 0.3) is 0 Å². The van der Waals surface area contributed by atoms with E-state index in [-0.39, 0.29) is 19.0 Å². The minimum atomic E-state index is -0.773. The van der Waals surface area contributed by atoms with E-state index >= 15 is 0 Å². The van der Waals surface area contributed by atoms with E-state index in [1.165, 1.54) is 12.1 Å². The normalized spacial score (nSPS) is 12.1. The molecule has 0 spiro atoms. The molecular weight excluding hydrogens is 247 g/mol. The summed E-state index contributed by atoms with van der Waals surface area (Å²) in [6.45, 7) is 4.84. The first-order chi connectivity index (χ1) is 9.04. The van der Waals surface area contributed by atoms with E-state index in [1.54, 1.807) is 12.1 Å². The zero-order chi connectivity index (χ0) is 14.3. The molecule has 2 N–H and O–H groups in total. The third-order valence-corrected chi connectivity index (χ3v) is 3.24. The number of benzene rings is 1. The fourth-order valence-corrected chi connectivity index (χ4v) is 1.93. The van der Waals surface area contributed by atoms with Crippen LogP contribution in [-0.2, 0) is 10.2 Å². The van der Waals surface area contributed by atoms with E-state index in [0.29, 0.717) is 25.6 Å². The summed E-state index contributed by atoms with van der Waals surface area (Å²) < 4.78 is 18.4. The highest BCUT2D eigenvalue weighted by Gasteiger charge is 2.30. The fourth-order valence-electron chi connectivity index (χ4n) is 1.93. The van der Waals surface area contributed by atoms with Crippen molar-refractivity contribution in [3.8, 4) is 0 Å². The number of halogens is 1. The monoisotopic (exact) mass is 270 g/mol. The lowest BCUT2D eigenvalue weighted by Crippen LogP contribution is -2.36. The van der Waals surface area contributed by atoms with Crippen molar-refractivity contribution in [1.29, 1.82) is 0 Å². The van der Waals surface area contributed by atoms with Gasteiger partial charge >= 0.3 is 0 Å². The highest BCUT2D eigenvalue weighted by atomic mass is 19.1. The SMILES string of the molecule is CC(C)COCCC(CO)(CO)c1ccc(F)cc1. The van der Waals surface area contributed by atoms with Crippen LogP contribution in [0.4, 0.5) is 4.39 Å². The molecule has 1 rings (SSSR count). The van der Waals surface area contributed by atoms with Crippen LogP contribution >= 0.6 is 0 Å². The van der Waals surface area contributed by atoms with Crippen LogP contribution in [0.2, 0.25) is 0 Å². The summed E-state index contributed by atoms with van der Waals surface area (Å²) in [7, 11) is 0. The average molecular weight is 270 g/mol. The van der Waals surface area contributed by atoms with Crippen molar-refractivity contribution >= 4 is 0 Å². The number of aliphatic hydroxyl groups is 2. The molecule has 108 valence electrons. The largest absolute Gasteiger partial charge is 0.395 e. The number of ether oxygens (including phenoxy) is 1. The maximum atomic E-state index is 12.9. The summed E-state index contributed by atoms with van der Waals surface area (Å²) in [5, 5.41) is 19.2. The lowest BCUT2D eigenvalue weighted by atomic mass is 9.79. The molecule has 19 heavy (non-hydrogen) atoms. The first kappa shape index (κ1) is 16.1. The molecule has 0 saturated heterocycles. The third-order valence-electron chi connectivity index (χ3n) is 3.24. The highest BCUT2D eigenvalue weighted by molar-refractivity contribution is 5.26. The molecule has 3 nitrogen and oxygen atoms in total. The number of hydrogen-bond donors (Lipinski definition) is 2. The number of rotatable bonds is 8. The van der Waals surface area contributed by atoms with Gasteiger partial charge in [-0.25, -0.2) is 4.39 Å². The molecule has 0 saturated carbocycles. The minimum Gasteiger partial charge on any atom is -0.395 e. The zero-order valence-corrected chi connectivity index (χ0v) is 11.6. The molecule has 0 aromatic heterocycles. The van der Waals surface area contributed by atoms with Crippen LogP contribution in [-0.4, -0.2) is 36.6 Å². The molecule has 0 radical (unpaired) electrons. The predicted octanol–water partition coefficient (Wildman–Crippen LogP) is 2.11. The van der Waals surface area contributed by atoms with Gasteiger partial charge in [-0.15, -0.1) is 0 Å². The fraction of sp³-hybridized carbons (Fsp3) is 0.600. The maximum absolute atomic E-state index is 12.9. The second kappa shape index (κ2) is 7.58. The van der Waals surface area contributed by atoms with Crippen molar-refractivity contribution in [3.05, 3.63) is 35.6 Å². The lowest BCUT2D eigenvalue weighted by Gasteiger charge is -2.30. The number of hydrogen-bond acceptors (Lipinski definition) is 3. The van der Waals surface area contributed by atoms with Gasteiger partial charge in [-0.2, -0.15) is 0 Å². The molecule has 0 fully saturated rings. The van der Waals surface area contributed by atoms with Crippen LogP contribution in [0, 0.1) is 11.7 Å². The molecule has 0 unspecified atom stereocenters. The average Bonchev–Trinajstić information content (AvgIpc) is 2.41. The Morgan fingerprint density at radius 1 is 1.16 bits per heavy atom. The topological polar surface area (TPSA) is 49.7 Å². The van der Waals surface area contributed by atoms with E-state index in [9.17, 15) is 14.6 Å². The van der Waals surface area contributed by atoms with Gasteiger partial charge in [0.1, 0.15) is 5.82 Å². The second-order valence-corrected chi connectivity index (χ2v) is 5.32. The smallest absolute Gasteiger partial charge is 0.123 e. The molecular formula is C15H23FO3. The molecule has 0 aliphatic heterocycles. The van der Waals surface area contributed by atoms with Gasteiger partial charge < -0.3 is 14.9 Å². The molecule has 1 aromatic rings. The Labute approximate surface area is 114 Å². The molecule has 0 aliphatic rings. The molecule has 0 bridgehead atoms. The lowest BCUT2D eigenvalue weighted by molar-refractivity contribution is 0.0535. The van der Waals surface area contributed by atoms with E-state index in [4.69, 9.17) is 4.74 Å². The van der Waals surface area contributed by atoms with Crippen molar-refractivity contribution in [1.82, 2.24) is 0 Å². The Balaban J connectivity index is 2.70. The van der Waals surface area contributed by atoms with Gasteiger partial charge in [0.25, 0.3) is 0 Å². The van der Waals surface area contributed by atoms with Crippen molar-refractivity contribution in [2.75, 3.05) is 26.4 Å². The minimum absolute atomic E-state index is 0.194. The Hall–Kier alpha value is -0.970. The third kappa shape index (κ3) is 4.56. The van der Waals surface area contributed by atoms with E-state index in [2.05, 4.69) is 13.8 Å². The summed E-state index contributed by atoms with van der Waals surface area (Å²) in [5.74, 6) is 0.119. The van der Waals surface area contributed by atoms with E-state index in [0.717, 1.165) is 5.56 Å². The molecule has 4 heteroatoms. The quantitative estimate of drug-likeness (QED) is 0.711. The summed E-state index contributed by atoms with van der Waals surface area (Å²) in [6.07, 6.45) is 0.498. The predicted molar refractivity (Wildman–Crippen MR) is 72.5 cm³/mol. The van der Waals surface area contributed by atoms with Crippen molar-refractivity contribution in [3.63, 3.8) is 0 Å². The maximum Gasteiger partial charge on any atom is 0.123 e. The first-order valence-electron chi connectivity index (χ1n) is 6.59. The van der Waals surface area contributed by atoms with Gasteiger partial charge in [0.15, 0.2) is 0 Å². The standard InChI is InChI=1S/C15H23FO3/c1-12(2)9-19-8-7-15(10-17,11-18)13-3-5-14(16)6-4-13/h3-6,12,17-18H,7-11H2,1-2H3. The van der Waals surface area contributed by atoms with Gasteiger partial charge in [-0.3, -0.25) is 0 Å². The number of aliphatic hydroxyl groups excluding tert-OH is 2. The van der Waals surface area contributed by atoms with Crippen molar-refractivity contribution in [2.24, 2.45) is 5.92 Å². The van der Waals surface area contributed by atoms with Gasteiger partial charge in [0.2, 0.25) is 0 Å². The molecule has 0 amide bonds. The Bertz CT molecular complexity index is 358. The highest BCUT2D eigenvalue weighted by Crippen LogP contribution is 2.27. The Morgan fingerprint density at radius 3 is 2.21 bits per heavy atom. The Morgan fingerprint density at radius 2 is 1.74 bits per heavy atom. The van der Waals surface area contributed by atoms with E-state index < -0.39 is 5.41 Å². The molecule has 0 atom stereocenters. The molecule has 0 heterocycles. The van der Waals surface area contributed by atoms with Crippen LogP contribution in [0.1, 0.15) is 25.8 Å². The second-order valence-electron chi connectivity index (χ2n) is 5.32. The van der Waals surface area contributed by atoms with Crippen LogP contribution in [0.3, 0.4) is 0 Å². The summed E-state index contributed by atoms with van der Waals surface area (Å²) in [6, 6.07) is 5.88.